The van der Waals surface area contributed by atoms with Gasteiger partial charge in [-0.25, -0.2) is 0 Å². The number of esters is 1. The maximum atomic E-state index is 12.6. The Hall–Kier alpha value is -1.46. The van der Waals surface area contributed by atoms with Gasteiger partial charge >= 0.3 is 5.97 Å². The lowest BCUT2D eigenvalue weighted by Crippen LogP contribution is -2.54. The van der Waals surface area contributed by atoms with Crippen LogP contribution in [0, 0.1) is 23.2 Å². The molecule has 140 valence electrons. The Morgan fingerprint density at radius 2 is 2.31 bits per heavy atom. The summed E-state index contributed by atoms with van der Waals surface area (Å²) in [6.45, 7) is 6.07. The first-order chi connectivity index (χ1) is 12.6. The highest BCUT2D eigenvalue weighted by molar-refractivity contribution is 5.76. The molecule has 2 saturated heterocycles. The molecule has 0 aromatic carbocycles. The van der Waals surface area contributed by atoms with E-state index in [1.807, 2.05) is 18.3 Å². The Morgan fingerprint density at radius 3 is 3.12 bits per heavy atom. The minimum absolute atomic E-state index is 0.0119. The third kappa shape index (κ3) is 2.23. The van der Waals surface area contributed by atoms with Gasteiger partial charge in [-0.3, -0.25) is 9.78 Å². The average molecular weight is 356 g/mol. The van der Waals surface area contributed by atoms with Crippen LogP contribution in [-0.2, 0) is 20.8 Å². The van der Waals surface area contributed by atoms with Crippen molar-refractivity contribution in [2.75, 3.05) is 6.54 Å². The molecule has 0 bridgehead atoms. The van der Waals surface area contributed by atoms with E-state index < -0.39 is 0 Å². The predicted molar refractivity (Wildman–Crippen MR) is 96.1 cm³/mol. The van der Waals surface area contributed by atoms with E-state index in [2.05, 4.69) is 24.1 Å². The van der Waals surface area contributed by atoms with Gasteiger partial charge < -0.3 is 14.8 Å². The molecule has 1 unspecified atom stereocenters. The Balaban J connectivity index is 1.32. The summed E-state index contributed by atoms with van der Waals surface area (Å²) >= 11 is 0. The molecule has 5 nitrogen and oxygen atoms in total. The van der Waals surface area contributed by atoms with E-state index in [0.29, 0.717) is 12.5 Å². The van der Waals surface area contributed by atoms with Gasteiger partial charge in [0.15, 0.2) is 0 Å². The number of hydrogen-bond acceptors (Lipinski definition) is 5. The quantitative estimate of drug-likeness (QED) is 0.664. The van der Waals surface area contributed by atoms with E-state index >= 15 is 0 Å². The largest absolute Gasteiger partial charge is 0.462 e. The van der Waals surface area contributed by atoms with Crippen LogP contribution >= 0.6 is 0 Å². The highest BCUT2D eigenvalue weighted by atomic mass is 16.6. The highest BCUT2D eigenvalue weighted by Gasteiger charge is 2.78. The van der Waals surface area contributed by atoms with Gasteiger partial charge in [-0.15, -0.1) is 0 Å². The fourth-order valence-corrected chi connectivity index (χ4v) is 6.34. The van der Waals surface area contributed by atoms with Gasteiger partial charge in [-0.05, 0) is 36.8 Å². The van der Waals surface area contributed by atoms with Crippen molar-refractivity contribution in [2.24, 2.45) is 23.2 Å². The van der Waals surface area contributed by atoms with Gasteiger partial charge in [-0.2, -0.15) is 0 Å². The molecule has 0 amide bonds. The summed E-state index contributed by atoms with van der Waals surface area (Å²) in [4.78, 5) is 16.7. The SMILES string of the molecule is C[C@H]1CCC[C@]2(C)C[C@H]3OC(=O)C(CNCc4cccnc4)[C@H]3[C@@H]3O[C@@]132. The van der Waals surface area contributed by atoms with Crippen molar-refractivity contribution >= 4 is 5.97 Å². The number of carbonyl (C=O) groups excluding carboxylic acids is 1. The summed E-state index contributed by atoms with van der Waals surface area (Å²) in [5.74, 6) is 0.642. The molecule has 2 aliphatic carbocycles. The van der Waals surface area contributed by atoms with Crippen LogP contribution < -0.4 is 5.32 Å². The maximum absolute atomic E-state index is 12.6. The molecule has 4 aliphatic rings. The summed E-state index contributed by atoms with van der Waals surface area (Å²) in [5.41, 5.74) is 1.28. The second-order valence-electron chi connectivity index (χ2n) is 9.04. The van der Waals surface area contributed by atoms with E-state index in [1.165, 1.54) is 19.3 Å². The summed E-state index contributed by atoms with van der Waals surface area (Å²) < 4.78 is 12.3. The number of ether oxygens (including phenoxy) is 2. The summed E-state index contributed by atoms with van der Waals surface area (Å²) in [6.07, 6.45) is 8.51. The maximum Gasteiger partial charge on any atom is 0.311 e. The third-order valence-corrected chi connectivity index (χ3v) is 7.61. The predicted octanol–water partition coefficient (Wildman–Crippen LogP) is 2.70. The molecular weight excluding hydrogens is 328 g/mol. The number of epoxide rings is 1. The van der Waals surface area contributed by atoms with Crippen molar-refractivity contribution in [2.45, 2.75) is 63.9 Å². The number of aromatic nitrogens is 1. The van der Waals surface area contributed by atoms with Crippen LogP contribution in [0.1, 0.15) is 45.1 Å². The van der Waals surface area contributed by atoms with E-state index in [-0.39, 0.29) is 41.0 Å². The first-order valence-electron chi connectivity index (χ1n) is 10.0. The molecule has 3 heterocycles. The fourth-order valence-electron chi connectivity index (χ4n) is 6.34. The molecule has 5 rings (SSSR count). The minimum Gasteiger partial charge on any atom is -0.462 e. The molecule has 1 aromatic rings. The standard InChI is InChI=1S/C21H28N2O3/c1-13-5-3-7-20(2)9-16-17(18-21(13,20)26-18)15(19(24)25-16)12-23-11-14-6-4-8-22-10-14/h4,6,8,10,13,15-18,23H,3,5,7,9,11-12H2,1-2H3/t13-,15?,16+,17+,18-,20+,21-/m0/s1. The summed E-state index contributed by atoms with van der Waals surface area (Å²) in [5, 5.41) is 3.44. The molecule has 1 aromatic heterocycles. The van der Waals surface area contributed by atoms with Gasteiger partial charge in [0.1, 0.15) is 11.7 Å². The summed E-state index contributed by atoms with van der Waals surface area (Å²) in [7, 11) is 0. The zero-order valence-electron chi connectivity index (χ0n) is 15.6. The second-order valence-corrected chi connectivity index (χ2v) is 9.04. The second kappa shape index (κ2) is 5.77. The highest BCUT2D eigenvalue weighted by Crippen LogP contribution is 2.70. The molecule has 5 heteroatoms. The molecule has 1 spiro atoms. The lowest BCUT2D eigenvalue weighted by molar-refractivity contribution is -0.146. The minimum atomic E-state index is -0.0975. The lowest BCUT2D eigenvalue weighted by Gasteiger charge is -2.48. The van der Waals surface area contributed by atoms with E-state index in [0.717, 1.165) is 18.5 Å². The van der Waals surface area contributed by atoms with Crippen molar-refractivity contribution in [1.82, 2.24) is 10.3 Å². The number of hydrogen-bond donors (Lipinski definition) is 1. The van der Waals surface area contributed by atoms with Crippen LogP contribution in [0.4, 0.5) is 0 Å². The van der Waals surface area contributed by atoms with Crippen molar-refractivity contribution in [3.63, 3.8) is 0 Å². The number of fused-ring (bicyclic) bond motifs is 2. The van der Waals surface area contributed by atoms with Crippen molar-refractivity contribution in [1.29, 1.82) is 0 Å². The molecule has 26 heavy (non-hydrogen) atoms. The molecule has 0 radical (unpaired) electrons. The molecule has 7 atom stereocenters. The Labute approximate surface area is 154 Å². The molecule has 2 saturated carbocycles. The van der Waals surface area contributed by atoms with E-state index in [9.17, 15) is 4.79 Å². The average Bonchev–Trinajstić information content (AvgIpc) is 3.30. The van der Waals surface area contributed by atoms with Crippen LogP contribution in [0.2, 0.25) is 0 Å². The van der Waals surface area contributed by atoms with Crippen LogP contribution in [0.3, 0.4) is 0 Å². The third-order valence-electron chi connectivity index (χ3n) is 7.61. The van der Waals surface area contributed by atoms with Crippen LogP contribution in [0.25, 0.3) is 0 Å². The molecule has 4 fully saturated rings. The Kier molecular flexibility index (Phi) is 3.70. The van der Waals surface area contributed by atoms with Crippen molar-refractivity contribution in [3.8, 4) is 0 Å². The summed E-state index contributed by atoms with van der Waals surface area (Å²) in [6, 6.07) is 3.98. The van der Waals surface area contributed by atoms with Gasteiger partial charge in [0.2, 0.25) is 0 Å². The van der Waals surface area contributed by atoms with Crippen molar-refractivity contribution < 1.29 is 14.3 Å². The molecule has 2 aliphatic heterocycles. The Bertz CT molecular complexity index is 710. The zero-order chi connectivity index (χ0) is 17.9. The lowest BCUT2D eigenvalue weighted by atomic mass is 9.53. The fraction of sp³-hybridized carbons (Fsp3) is 0.714. The van der Waals surface area contributed by atoms with Crippen LogP contribution in [0.15, 0.2) is 24.5 Å². The van der Waals surface area contributed by atoms with E-state index in [4.69, 9.17) is 9.47 Å². The van der Waals surface area contributed by atoms with Crippen LogP contribution in [-0.4, -0.2) is 35.3 Å². The topological polar surface area (TPSA) is 63.8 Å². The monoisotopic (exact) mass is 356 g/mol. The first-order valence-corrected chi connectivity index (χ1v) is 10.0. The molecular formula is C21H28N2O3. The van der Waals surface area contributed by atoms with Gasteiger partial charge in [-0.1, -0.05) is 26.3 Å². The number of pyridine rings is 1. The van der Waals surface area contributed by atoms with Crippen molar-refractivity contribution in [3.05, 3.63) is 30.1 Å². The van der Waals surface area contributed by atoms with Gasteiger partial charge in [0.25, 0.3) is 0 Å². The van der Waals surface area contributed by atoms with E-state index in [1.54, 1.807) is 6.20 Å². The van der Waals surface area contributed by atoms with Gasteiger partial charge in [0.05, 0.1) is 12.0 Å². The Morgan fingerprint density at radius 1 is 1.42 bits per heavy atom. The zero-order valence-corrected chi connectivity index (χ0v) is 15.6. The first kappa shape index (κ1) is 16.7. The number of nitrogens with zero attached hydrogens (tertiary/aromatic N) is 1. The molecule has 1 N–H and O–H groups in total. The number of nitrogens with one attached hydrogen (secondary N) is 1. The normalized spacial score (nSPS) is 46.1. The number of carbonyl (C=O) groups is 1. The smallest absolute Gasteiger partial charge is 0.311 e. The van der Waals surface area contributed by atoms with Gasteiger partial charge in [0, 0.05) is 36.8 Å². The number of rotatable bonds is 4. The van der Waals surface area contributed by atoms with Crippen LogP contribution in [0.5, 0.6) is 0 Å².